The third-order valence-corrected chi connectivity index (χ3v) is 5.44. The molecule has 0 radical (unpaired) electrons. The Morgan fingerprint density at radius 2 is 1.84 bits per heavy atom. The number of aromatic nitrogens is 2. The Hall–Kier alpha value is -2.54. The molecular weight excluding hydrogens is 341 g/mol. The highest BCUT2D eigenvalue weighted by atomic mass is 32.2. The molecule has 2 aromatic heterocycles. The molecule has 7 heteroatoms. The number of hydrogen-bond donors (Lipinski definition) is 0. The fourth-order valence-corrected chi connectivity index (χ4v) is 3.86. The molecule has 0 unspecified atom stereocenters. The van der Waals surface area contributed by atoms with E-state index < -0.39 is 16.6 Å². The number of benzene rings is 1. The lowest BCUT2D eigenvalue weighted by Crippen LogP contribution is -2.37. The molecule has 3 aromatic rings. The van der Waals surface area contributed by atoms with Gasteiger partial charge in [-0.1, -0.05) is 12.1 Å². The van der Waals surface area contributed by atoms with Gasteiger partial charge in [0.2, 0.25) is 5.89 Å². The first-order valence-electron chi connectivity index (χ1n) is 7.96. The maximum Gasteiger partial charge on any atom is 0.228 e. The van der Waals surface area contributed by atoms with Crippen LogP contribution in [0.2, 0.25) is 0 Å². The standard InChI is InChI=1S/C18H16FN3O2S/c19-15-9-14(10-20-11-15)18-21-17(12-24-18)13-1-3-16(4-2-13)22-5-7-25(23)8-6-22/h1-4,9-12H,5-8H2. The first-order valence-corrected chi connectivity index (χ1v) is 9.45. The van der Waals surface area contributed by atoms with Crippen LogP contribution < -0.4 is 4.90 Å². The molecular formula is C18H16FN3O2S. The summed E-state index contributed by atoms with van der Waals surface area (Å²) >= 11 is 0. The molecule has 5 nitrogen and oxygen atoms in total. The van der Waals surface area contributed by atoms with E-state index in [1.54, 1.807) is 6.26 Å². The van der Waals surface area contributed by atoms with Gasteiger partial charge in [0.1, 0.15) is 17.8 Å². The molecule has 1 saturated heterocycles. The second kappa shape index (κ2) is 6.76. The van der Waals surface area contributed by atoms with E-state index in [4.69, 9.17) is 4.42 Å². The number of halogens is 1. The quantitative estimate of drug-likeness (QED) is 0.721. The van der Waals surface area contributed by atoms with Crippen molar-refractivity contribution in [1.82, 2.24) is 9.97 Å². The monoisotopic (exact) mass is 357 g/mol. The predicted molar refractivity (Wildman–Crippen MR) is 95.2 cm³/mol. The molecule has 0 saturated carbocycles. The average molecular weight is 357 g/mol. The van der Waals surface area contributed by atoms with Gasteiger partial charge < -0.3 is 9.32 Å². The van der Waals surface area contributed by atoms with Gasteiger partial charge in [-0.25, -0.2) is 9.37 Å². The lowest BCUT2D eigenvalue weighted by atomic mass is 10.1. The van der Waals surface area contributed by atoms with E-state index in [1.165, 1.54) is 12.3 Å². The summed E-state index contributed by atoms with van der Waals surface area (Å²) in [4.78, 5) is 10.5. The van der Waals surface area contributed by atoms with Crippen LogP contribution in [0.4, 0.5) is 10.1 Å². The predicted octanol–water partition coefficient (Wildman–Crippen LogP) is 3.11. The van der Waals surface area contributed by atoms with Crippen molar-refractivity contribution in [3.63, 3.8) is 0 Å². The Balaban J connectivity index is 1.54. The van der Waals surface area contributed by atoms with Gasteiger partial charge in [0.05, 0.1) is 11.8 Å². The molecule has 0 atom stereocenters. The average Bonchev–Trinajstić information content (AvgIpc) is 3.13. The van der Waals surface area contributed by atoms with Gasteiger partial charge in [-0.15, -0.1) is 0 Å². The molecule has 3 heterocycles. The van der Waals surface area contributed by atoms with Crippen LogP contribution >= 0.6 is 0 Å². The van der Waals surface area contributed by atoms with Crippen LogP contribution in [0.1, 0.15) is 0 Å². The zero-order chi connectivity index (χ0) is 17.2. The highest BCUT2D eigenvalue weighted by Crippen LogP contribution is 2.26. The van der Waals surface area contributed by atoms with Gasteiger partial charge in [-0.3, -0.25) is 9.19 Å². The zero-order valence-corrected chi connectivity index (χ0v) is 14.2. The summed E-state index contributed by atoms with van der Waals surface area (Å²) in [7, 11) is -0.682. The summed E-state index contributed by atoms with van der Waals surface area (Å²) in [5, 5.41) is 0. The Bertz CT molecular complexity index is 901. The highest BCUT2D eigenvalue weighted by Gasteiger charge is 2.16. The highest BCUT2D eigenvalue weighted by molar-refractivity contribution is 7.85. The van der Waals surface area contributed by atoms with E-state index >= 15 is 0 Å². The van der Waals surface area contributed by atoms with Gasteiger partial charge in [0.15, 0.2) is 0 Å². The Morgan fingerprint density at radius 1 is 1.08 bits per heavy atom. The van der Waals surface area contributed by atoms with Crippen molar-refractivity contribution < 1.29 is 13.0 Å². The Kier molecular flexibility index (Phi) is 4.31. The van der Waals surface area contributed by atoms with Crippen molar-refractivity contribution in [1.29, 1.82) is 0 Å². The van der Waals surface area contributed by atoms with E-state index in [9.17, 15) is 8.60 Å². The van der Waals surface area contributed by atoms with Crippen LogP contribution in [0.5, 0.6) is 0 Å². The molecule has 0 spiro atoms. The lowest BCUT2D eigenvalue weighted by molar-refractivity contribution is 0.571. The van der Waals surface area contributed by atoms with Crippen LogP contribution in [0.3, 0.4) is 0 Å². The van der Waals surface area contributed by atoms with Gasteiger partial charge in [0.25, 0.3) is 0 Å². The van der Waals surface area contributed by atoms with Gasteiger partial charge >= 0.3 is 0 Å². The lowest BCUT2D eigenvalue weighted by Gasteiger charge is -2.28. The molecule has 0 amide bonds. The third kappa shape index (κ3) is 3.46. The number of oxazole rings is 1. The van der Waals surface area contributed by atoms with Crippen LogP contribution in [0.15, 0.2) is 53.4 Å². The molecule has 1 aliphatic heterocycles. The Morgan fingerprint density at radius 3 is 2.56 bits per heavy atom. The van der Waals surface area contributed by atoms with E-state index in [1.807, 2.05) is 24.3 Å². The minimum Gasteiger partial charge on any atom is -0.444 e. The molecule has 25 heavy (non-hydrogen) atoms. The summed E-state index contributed by atoms with van der Waals surface area (Å²) in [5.74, 6) is 1.35. The van der Waals surface area contributed by atoms with Crippen molar-refractivity contribution >= 4 is 16.5 Å². The van der Waals surface area contributed by atoms with Crippen molar-refractivity contribution in [2.24, 2.45) is 0 Å². The number of anilines is 1. The summed E-state index contributed by atoms with van der Waals surface area (Å²) in [6.45, 7) is 1.62. The second-order valence-electron chi connectivity index (χ2n) is 5.81. The SMILES string of the molecule is O=S1CCN(c2ccc(-c3coc(-c4cncc(F)c4)n3)cc2)CC1. The van der Waals surface area contributed by atoms with Crippen molar-refractivity contribution in [3.8, 4) is 22.7 Å². The summed E-state index contributed by atoms with van der Waals surface area (Å²) in [5.41, 5.74) is 3.22. The van der Waals surface area contributed by atoms with E-state index in [0.29, 0.717) is 17.1 Å². The largest absolute Gasteiger partial charge is 0.444 e. The smallest absolute Gasteiger partial charge is 0.228 e. The zero-order valence-electron chi connectivity index (χ0n) is 13.4. The summed E-state index contributed by atoms with van der Waals surface area (Å²) in [6, 6.07) is 9.36. The molecule has 1 aromatic carbocycles. The Labute approximate surface area is 147 Å². The van der Waals surface area contributed by atoms with Crippen LogP contribution in [0, 0.1) is 5.82 Å². The number of hydrogen-bond acceptors (Lipinski definition) is 5. The normalized spacial score (nSPS) is 15.5. The van der Waals surface area contributed by atoms with Crippen LogP contribution in [-0.4, -0.2) is 38.8 Å². The molecule has 0 aliphatic carbocycles. The fourth-order valence-electron chi connectivity index (χ4n) is 2.81. The number of pyridine rings is 1. The number of rotatable bonds is 3. The van der Waals surface area contributed by atoms with Crippen molar-refractivity contribution in [3.05, 3.63) is 54.8 Å². The third-order valence-electron chi connectivity index (χ3n) is 4.16. The van der Waals surface area contributed by atoms with E-state index in [-0.39, 0.29) is 0 Å². The maximum atomic E-state index is 13.3. The molecule has 0 N–H and O–H groups in total. The molecule has 4 rings (SSSR count). The van der Waals surface area contributed by atoms with E-state index in [0.717, 1.165) is 42.0 Å². The first kappa shape index (κ1) is 16.0. The fraction of sp³-hybridized carbons (Fsp3) is 0.222. The number of nitrogens with zero attached hydrogens (tertiary/aromatic N) is 3. The summed E-state index contributed by atoms with van der Waals surface area (Å²) < 4.78 is 30.2. The minimum atomic E-state index is -0.682. The van der Waals surface area contributed by atoms with Crippen LogP contribution in [-0.2, 0) is 10.8 Å². The van der Waals surface area contributed by atoms with Gasteiger partial charge in [-0.2, -0.15) is 0 Å². The molecule has 128 valence electrons. The van der Waals surface area contributed by atoms with Crippen molar-refractivity contribution in [2.75, 3.05) is 29.5 Å². The second-order valence-corrected chi connectivity index (χ2v) is 7.51. The van der Waals surface area contributed by atoms with Gasteiger partial charge in [0, 0.05) is 52.8 Å². The van der Waals surface area contributed by atoms with E-state index in [2.05, 4.69) is 14.9 Å². The van der Waals surface area contributed by atoms with Crippen LogP contribution in [0.25, 0.3) is 22.7 Å². The summed E-state index contributed by atoms with van der Waals surface area (Å²) in [6.07, 6.45) is 4.21. The first-order chi connectivity index (χ1) is 12.2. The molecule has 1 fully saturated rings. The minimum absolute atomic E-state index is 0.338. The van der Waals surface area contributed by atoms with Gasteiger partial charge in [-0.05, 0) is 18.2 Å². The van der Waals surface area contributed by atoms with Crippen molar-refractivity contribution in [2.45, 2.75) is 0 Å². The molecule has 1 aliphatic rings. The maximum absolute atomic E-state index is 13.3. The molecule has 0 bridgehead atoms. The topological polar surface area (TPSA) is 59.2 Å².